The van der Waals surface area contributed by atoms with Crippen molar-refractivity contribution in [1.29, 1.82) is 0 Å². The molecule has 1 aliphatic heterocycles. The second-order valence-corrected chi connectivity index (χ2v) is 7.87. The van der Waals surface area contributed by atoms with Gasteiger partial charge in [-0.3, -0.25) is 4.79 Å². The Morgan fingerprint density at radius 3 is 2.43 bits per heavy atom. The molecule has 1 aliphatic rings. The van der Waals surface area contributed by atoms with E-state index in [0.717, 1.165) is 10.0 Å². The molecule has 8 nitrogen and oxygen atoms in total. The van der Waals surface area contributed by atoms with Crippen LogP contribution in [0.3, 0.4) is 0 Å². The van der Waals surface area contributed by atoms with Crippen LogP contribution in [0.2, 0.25) is 0 Å². The molecule has 1 saturated heterocycles. The minimum absolute atomic E-state index is 0.210. The third kappa shape index (κ3) is 3.87. The van der Waals surface area contributed by atoms with Crippen molar-refractivity contribution in [3.05, 3.63) is 63.4 Å². The topological polar surface area (TPSA) is 130 Å². The molecular weight excluding hydrogens is 460 g/mol. The highest BCUT2D eigenvalue weighted by Crippen LogP contribution is 2.27. The largest absolute Gasteiger partial charge is 0.463 e. The van der Waals surface area contributed by atoms with Gasteiger partial charge in [0, 0.05) is 10.5 Å². The molecule has 30 heavy (non-hydrogen) atoms. The van der Waals surface area contributed by atoms with Crippen LogP contribution in [-0.2, 0) is 4.74 Å². The molecule has 0 saturated carbocycles. The van der Waals surface area contributed by atoms with Gasteiger partial charge in [-0.2, -0.15) is 0 Å². The molecule has 0 amide bonds. The maximum atomic E-state index is 12.9. The van der Waals surface area contributed by atoms with Crippen LogP contribution in [0.4, 0.5) is 0 Å². The van der Waals surface area contributed by atoms with Gasteiger partial charge < -0.3 is 34.3 Å². The molecule has 5 atom stereocenters. The van der Waals surface area contributed by atoms with E-state index in [0.29, 0.717) is 10.9 Å². The van der Waals surface area contributed by atoms with Crippen LogP contribution in [0, 0.1) is 0 Å². The fourth-order valence-electron chi connectivity index (χ4n) is 3.31. The normalized spacial score (nSPS) is 26.6. The monoisotopic (exact) mass is 478 g/mol. The van der Waals surface area contributed by atoms with Crippen molar-refractivity contribution < 1.29 is 34.3 Å². The van der Waals surface area contributed by atoms with E-state index in [4.69, 9.17) is 13.9 Å². The first-order chi connectivity index (χ1) is 14.4. The number of hydrogen-bond donors (Lipinski definition) is 4. The molecule has 1 aromatic heterocycles. The molecule has 2 aromatic carbocycles. The summed E-state index contributed by atoms with van der Waals surface area (Å²) >= 11 is 3.36. The predicted octanol–water partition coefficient (Wildman–Crippen LogP) is 1.40. The molecule has 0 radical (unpaired) electrons. The lowest BCUT2D eigenvalue weighted by Crippen LogP contribution is -2.60. The summed E-state index contributed by atoms with van der Waals surface area (Å²) in [6.45, 7) is -0.559. The Labute approximate surface area is 179 Å². The first-order valence-corrected chi connectivity index (χ1v) is 9.97. The van der Waals surface area contributed by atoms with Gasteiger partial charge in [0.25, 0.3) is 0 Å². The number of halogens is 1. The summed E-state index contributed by atoms with van der Waals surface area (Å²) in [5, 5.41) is 39.4. The minimum atomic E-state index is -1.55. The highest BCUT2D eigenvalue weighted by Gasteiger charge is 2.44. The van der Waals surface area contributed by atoms with Crippen molar-refractivity contribution in [3.63, 3.8) is 0 Å². The first kappa shape index (κ1) is 21.0. The zero-order valence-corrected chi connectivity index (χ0v) is 17.1. The summed E-state index contributed by atoms with van der Waals surface area (Å²) in [7, 11) is 0. The van der Waals surface area contributed by atoms with E-state index < -0.39 is 37.3 Å². The van der Waals surface area contributed by atoms with Crippen molar-refractivity contribution in [2.24, 2.45) is 0 Å². The van der Waals surface area contributed by atoms with E-state index >= 15 is 0 Å². The number of aliphatic hydroxyl groups is 4. The summed E-state index contributed by atoms with van der Waals surface area (Å²) in [5.74, 6) is 0.214. The second kappa shape index (κ2) is 8.46. The molecule has 1 fully saturated rings. The van der Waals surface area contributed by atoms with Crippen LogP contribution < -0.4 is 10.2 Å². The van der Waals surface area contributed by atoms with Gasteiger partial charge >= 0.3 is 0 Å². The van der Waals surface area contributed by atoms with Crippen molar-refractivity contribution >= 4 is 26.9 Å². The van der Waals surface area contributed by atoms with E-state index in [2.05, 4.69) is 15.9 Å². The van der Waals surface area contributed by atoms with Crippen molar-refractivity contribution in [1.82, 2.24) is 0 Å². The quantitative estimate of drug-likeness (QED) is 0.442. The van der Waals surface area contributed by atoms with Gasteiger partial charge in [-0.05, 0) is 29.8 Å². The van der Waals surface area contributed by atoms with Gasteiger partial charge in [-0.25, -0.2) is 0 Å². The summed E-state index contributed by atoms with van der Waals surface area (Å²) in [6.07, 6.45) is -5.60. The Morgan fingerprint density at radius 2 is 1.73 bits per heavy atom. The number of rotatable bonds is 4. The molecule has 9 heteroatoms. The highest BCUT2D eigenvalue weighted by molar-refractivity contribution is 9.10. The fourth-order valence-corrected chi connectivity index (χ4v) is 3.57. The van der Waals surface area contributed by atoms with Crippen LogP contribution >= 0.6 is 15.9 Å². The molecule has 4 N–H and O–H groups in total. The van der Waals surface area contributed by atoms with Gasteiger partial charge in [0.05, 0.1) is 17.6 Å². The Balaban J connectivity index is 1.62. The summed E-state index contributed by atoms with van der Waals surface area (Å²) in [4.78, 5) is 12.9. The average Bonchev–Trinajstić information content (AvgIpc) is 2.75. The zero-order valence-electron chi connectivity index (χ0n) is 15.5. The lowest BCUT2D eigenvalue weighted by Gasteiger charge is -2.39. The Bertz CT molecular complexity index is 1090. The molecule has 4 rings (SSSR count). The highest BCUT2D eigenvalue weighted by atomic mass is 79.9. The maximum Gasteiger partial charge on any atom is 0.229 e. The number of fused-ring (bicyclic) bond motifs is 1. The third-order valence-electron chi connectivity index (χ3n) is 5.00. The van der Waals surface area contributed by atoms with E-state index in [-0.39, 0.29) is 16.8 Å². The van der Waals surface area contributed by atoms with Crippen LogP contribution in [0.1, 0.15) is 0 Å². The van der Waals surface area contributed by atoms with Gasteiger partial charge in [0.2, 0.25) is 6.29 Å². The Morgan fingerprint density at radius 1 is 1.00 bits per heavy atom. The summed E-state index contributed by atoms with van der Waals surface area (Å²) in [5.41, 5.74) is 1.19. The van der Waals surface area contributed by atoms with Crippen LogP contribution in [0.15, 0.2) is 62.4 Å². The summed E-state index contributed by atoms with van der Waals surface area (Å²) < 4.78 is 17.4. The van der Waals surface area contributed by atoms with Crippen LogP contribution in [-0.4, -0.2) is 57.7 Å². The maximum absolute atomic E-state index is 12.9. The lowest BCUT2D eigenvalue weighted by molar-refractivity contribution is -0.277. The minimum Gasteiger partial charge on any atom is -0.463 e. The number of aliphatic hydroxyl groups excluding tert-OH is 4. The smallest absolute Gasteiger partial charge is 0.229 e. The zero-order chi connectivity index (χ0) is 21.4. The SMILES string of the molecule is O=c1c(-c2ccc(Br)cc2)coc2cc(O[C@@H]3O[C@H](CO)[C@H](O)[C@@H](O)[C@@H]3O)ccc12. The Hall–Kier alpha value is -2.27. The fraction of sp³-hybridized carbons (Fsp3) is 0.286. The average molecular weight is 479 g/mol. The van der Waals surface area contributed by atoms with Crippen molar-refractivity contribution in [2.45, 2.75) is 30.7 Å². The summed E-state index contributed by atoms with van der Waals surface area (Å²) in [6, 6.07) is 11.8. The molecule has 0 unspecified atom stereocenters. The van der Waals surface area contributed by atoms with Gasteiger partial charge in [0.15, 0.2) is 5.43 Å². The van der Waals surface area contributed by atoms with Crippen molar-refractivity contribution in [2.75, 3.05) is 6.61 Å². The predicted molar refractivity (Wildman–Crippen MR) is 110 cm³/mol. The van der Waals surface area contributed by atoms with Gasteiger partial charge in [0.1, 0.15) is 42.0 Å². The molecule has 0 aliphatic carbocycles. The van der Waals surface area contributed by atoms with Crippen LogP contribution in [0.25, 0.3) is 22.1 Å². The van der Waals surface area contributed by atoms with Crippen LogP contribution in [0.5, 0.6) is 5.75 Å². The standard InChI is InChI=1S/C21H19BrO8/c22-11-3-1-10(2-4-11)14-9-28-15-7-12(5-6-13(15)17(14)24)29-21-20(27)19(26)18(25)16(8-23)30-21/h1-7,9,16,18-21,23,25-27H,8H2/t16-,18+,19-,20+,21-/m1/s1. The molecule has 0 bridgehead atoms. The molecule has 3 aromatic rings. The van der Waals surface area contributed by atoms with Crippen molar-refractivity contribution in [3.8, 4) is 16.9 Å². The van der Waals surface area contributed by atoms with E-state index in [1.165, 1.54) is 24.5 Å². The molecule has 2 heterocycles. The second-order valence-electron chi connectivity index (χ2n) is 6.96. The first-order valence-electron chi connectivity index (χ1n) is 9.17. The molecule has 0 spiro atoms. The Kier molecular flexibility index (Phi) is 5.92. The van der Waals surface area contributed by atoms with E-state index in [1.807, 2.05) is 12.1 Å². The van der Waals surface area contributed by atoms with Gasteiger partial charge in [-0.15, -0.1) is 0 Å². The molecular formula is C21H19BrO8. The number of hydrogen-bond acceptors (Lipinski definition) is 8. The lowest BCUT2D eigenvalue weighted by atomic mass is 9.99. The number of ether oxygens (including phenoxy) is 2. The van der Waals surface area contributed by atoms with E-state index in [9.17, 15) is 25.2 Å². The molecule has 158 valence electrons. The van der Waals surface area contributed by atoms with E-state index in [1.54, 1.807) is 12.1 Å². The third-order valence-corrected chi connectivity index (χ3v) is 5.53. The van der Waals surface area contributed by atoms with Gasteiger partial charge in [-0.1, -0.05) is 28.1 Å². The number of benzene rings is 2.